The van der Waals surface area contributed by atoms with E-state index in [2.05, 4.69) is 68.8 Å². The van der Waals surface area contributed by atoms with E-state index in [0.717, 1.165) is 38.4 Å². The van der Waals surface area contributed by atoms with Gasteiger partial charge in [-0.1, -0.05) is 36.4 Å². The molecule has 0 amide bonds. The van der Waals surface area contributed by atoms with Crippen molar-refractivity contribution in [3.8, 4) is 0 Å². The van der Waals surface area contributed by atoms with Crippen molar-refractivity contribution in [1.82, 2.24) is 20.5 Å². The summed E-state index contributed by atoms with van der Waals surface area (Å²) < 4.78 is 0. The number of hydrogen-bond acceptors (Lipinski definition) is 3. The van der Waals surface area contributed by atoms with E-state index in [1.807, 2.05) is 19.3 Å². The molecule has 2 unspecified atom stereocenters. The van der Waals surface area contributed by atoms with Crippen LogP contribution in [0.2, 0.25) is 0 Å². The molecule has 2 aromatic rings. The number of aliphatic imine (C=N–C) groups is 1. The molecule has 6 heteroatoms. The molecule has 1 saturated heterocycles. The van der Waals surface area contributed by atoms with Crippen LogP contribution in [0.1, 0.15) is 24.5 Å². The molecule has 146 valence electrons. The molecule has 2 heterocycles. The van der Waals surface area contributed by atoms with Gasteiger partial charge in [-0.25, -0.2) is 0 Å². The Morgan fingerprint density at radius 1 is 1.19 bits per heavy atom. The summed E-state index contributed by atoms with van der Waals surface area (Å²) >= 11 is 0. The Kier molecular flexibility index (Phi) is 9.00. The van der Waals surface area contributed by atoms with Gasteiger partial charge in [0.15, 0.2) is 5.96 Å². The van der Waals surface area contributed by atoms with Gasteiger partial charge in [0.1, 0.15) is 0 Å². The molecule has 2 N–H and O–H groups in total. The minimum atomic E-state index is 0. The Morgan fingerprint density at radius 2 is 1.96 bits per heavy atom. The third-order valence-corrected chi connectivity index (χ3v) is 4.93. The van der Waals surface area contributed by atoms with Crippen LogP contribution in [-0.2, 0) is 13.0 Å². The number of halogens is 1. The second-order valence-electron chi connectivity index (χ2n) is 6.95. The first kappa shape index (κ1) is 21.6. The van der Waals surface area contributed by atoms with Crippen molar-refractivity contribution in [3.05, 3.63) is 66.0 Å². The van der Waals surface area contributed by atoms with Crippen LogP contribution in [0.4, 0.5) is 0 Å². The monoisotopic (exact) mass is 479 g/mol. The van der Waals surface area contributed by atoms with Crippen LogP contribution in [0.5, 0.6) is 0 Å². The summed E-state index contributed by atoms with van der Waals surface area (Å²) in [5.41, 5.74) is 2.61. The van der Waals surface area contributed by atoms with Crippen LogP contribution in [0, 0.1) is 0 Å². The van der Waals surface area contributed by atoms with Crippen LogP contribution in [0.3, 0.4) is 0 Å². The predicted octanol–water partition coefficient (Wildman–Crippen LogP) is 3.07. The lowest BCUT2D eigenvalue weighted by Gasteiger charge is -2.21. The maximum Gasteiger partial charge on any atom is 0.191 e. The fourth-order valence-electron chi connectivity index (χ4n) is 3.50. The number of likely N-dealkylation sites (tertiary alicyclic amines) is 1. The van der Waals surface area contributed by atoms with Gasteiger partial charge in [0.05, 0.1) is 0 Å². The third kappa shape index (κ3) is 6.77. The van der Waals surface area contributed by atoms with E-state index in [0.29, 0.717) is 12.1 Å². The second-order valence-corrected chi connectivity index (χ2v) is 6.95. The van der Waals surface area contributed by atoms with Gasteiger partial charge >= 0.3 is 0 Å². The molecule has 27 heavy (non-hydrogen) atoms. The number of nitrogens with one attached hydrogen (secondary N) is 2. The molecule has 1 fully saturated rings. The number of aromatic nitrogens is 1. The molecule has 1 aromatic heterocycles. The van der Waals surface area contributed by atoms with Gasteiger partial charge < -0.3 is 10.6 Å². The molecule has 0 saturated carbocycles. The highest BCUT2D eigenvalue weighted by Crippen LogP contribution is 2.20. The summed E-state index contributed by atoms with van der Waals surface area (Å²) in [4.78, 5) is 11.1. The van der Waals surface area contributed by atoms with Crippen LogP contribution < -0.4 is 10.6 Å². The maximum atomic E-state index is 4.38. The van der Waals surface area contributed by atoms with Gasteiger partial charge in [-0.3, -0.25) is 14.9 Å². The number of benzene rings is 1. The van der Waals surface area contributed by atoms with Crippen molar-refractivity contribution in [3.63, 3.8) is 0 Å². The molecule has 1 aliphatic heterocycles. The standard InChI is InChI=1S/C21H29N5.HI/c1-17-13-20(16-26(17)15-19-7-4-3-5-8-19)25-21(22-2)24-12-10-18-9-6-11-23-14-18;/h3-9,11,14,17,20H,10,12-13,15-16H2,1-2H3,(H2,22,24,25);1H. The van der Waals surface area contributed by atoms with E-state index < -0.39 is 0 Å². The first-order chi connectivity index (χ1) is 12.7. The highest BCUT2D eigenvalue weighted by molar-refractivity contribution is 14.0. The third-order valence-electron chi connectivity index (χ3n) is 4.93. The van der Waals surface area contributed by atoms with E-state index in [9.17, 15) is 0 Å². The van der Waals surface area contributed by atoms with Crippen molar-refractivity contribution in [2.75, 3.05) is 20.1 Å². The summed E-state index contributed by atoms with van der Waals surface area (Å²) in [6.07, 6.45) is 5.80. The molecule has 5 nitrogen and oxygen atoms in total. The normalized spacial score (nSPS) is 20.1. The van der Waals surface area contributed by atoms with E-state index in [1.165, 1.54) is 11.1 Å². The highest BCUT2D eigenvalue weighted by atomic mass is 127. The molecule has 2 atom stereocenters. The van der Waals surface area contributed by atoms with Crippen LogP contribution >= 0.6 is 24.0 Å². The van der Waals surface area contributed by atoms with E-state index in [-0.39, 0.29) is 24.0 Å². The zero-order valence-electron chi connectivity index (χ0n) is 16.1. The zero-order chi connectivity index (χ0) is 18.2. The maximum absolute atomic E-state index is 4.38. The Balaban J connectivity index is 0.00000261. The largest absolute Gasteiger partial charge is 0.356 e. The van der Waals surface area contributed by atoms with E-state index >= 15 is 0 Å². The molecule has 3 rings (SSSR count). The highest BCUT2D eigenvalue weighted by Gasteiger charge is 2.29. The molecule has 0 bridgehead atoms. The fourth-order valence-corrected chi connectivity index (χ4v) is 3.50. The first-order valence-corrected chi connectivity index (χ1v) is 9.38. The number of rotatable bonds is 6. The molecule has 1 aromatic carbocycles. The minimum Gasteiger partial charge on any atom is -0.356 e. The van der Waals surface area contributed by atoms with Crippen molar-refractivity contribution in [1.29, 1.82) is 0 Å². The van der Waals surface area contributed by atoms with Gasteiger partial charge in [0.2, 0.25) is 0 Å². The molecule has 0 spiro atoms. The van der Waals surface area contributed by atoms with Crippen molar-refractivity contribution < 1.29 is 0 Å². The summed E-state index contributed by atoms with van der Waals surface area (Å²) in [6, 6.07) is 15.8. The minimum absolute atomic E-state index is 0. The fraction of sp³-hybridized carbons (Fsp3) is 0.429. The Hall–Kier alpha value is -1.67. The van der Waals surface area contributed by atoms with E-state index in [4.69, 9.17) is 0 Å². The van der Waals surface area contributed by atoms with Crippen LogP contribution in [0.25, 0.3) is 0 Å². The summed E-state index contributed by atoms with van der Waals surface area (Å²) in [5.74, 6) is 0.882. The lowest BCUT2D eigenvalue weighted by atomic mass is 10.2. The number of guanidine groups is 1. The van der Waals surface area contributed by atoms with Crippen molar-refractivity contribution in [2.45, 2.75) is 38.4 Å². The van der Waals surface area contributed by atoms with Crippen molar-refractivity contribution >= 4 is 29.9 Å². The Labute approximate surface area is 179 Å². The van der Waals surface area contributed by atoms with Gasteiger partial charge in [-0.05, 0) is 37.0 Å². The number of nitrogens with zero attached hydrogens (tertiary/aromatic N) is 3. The van der Waals surface area contributed by atoms with Crippen molar-refractivity contribution in [2.24, 2.45) is 4.99 Å². The van der Waals surface area contributed by atoms with Gasteiger partial charge in [-0.15, -0.1) is 24.0 Å². The molecular weight excluding hydrogens is 449 g/mol. The lowest BCUT2D eigenvalue weighted by Crippen LogP contribution is -2.45. The van der Waals surface area contributed by atoms with Crippen LogP contribution in [0.15, 0.2) is 59.9 Å². The van der Waals surface area contributed by atoms with Gasteiger partial charge in [-0.2, -0.15) is 0 Å². The summed E-state index contributed by atoms with van der Waals surface area (Å²) in [6.45, 7) is 5.21. The molecule has 1 aliphatic rings. The average molecular weight is 479 g/mol. The SMILES string of the molecule is CN=C(NCCc1cccnc1)NC1CC(C)N(Cc2ccccc2)C1.I. The first-order valence-electron chi connectivity index (χ1n) is 9.38. The van der Waals surface area contributed by atoms with Gasteiger partial charge in [0, 0.05) is 51.2 Å². The summed E-state index contributed by atoms with van der Waals surface area (Å²) in [5, 5.41) is 7.00. The quantitative estimate of drug-likeness (QED) is 0.380. The molecule has 0 aliphatic carbocycles. The molecular formula is C21H30IN5. The number of pyridine rings is 1. The Bertz CT molecular complexity index is 692. The number of hydrogen-bond donors (Lipinski definition) is 2. The average Bonchev–Trinajstić information content (AvgIpc) is 3.01. The second kappa shape index (κ2) is 11.2. The van der Waals surface area contributed by atoms with E-state index in [1.54, 1.807) is 6.20 Å². The topological polar surface area (TPSA) is 52.6 Å². The zero-order valence-corrected chi connectivity index (χ0v) is 18.5. The molecule has 0 radical (unpaired) electrons. The van der Waals surface area contributed by atoms with Gasteiger partial charge in [0.25, 0.3) is 0 Å². The van der Waals surface area contributed by atoms with Crippen LogP contribution in [-0.4, -0.2) is 48.1 Å². The summed E-state index contributed by atoms with van der Waals surface area (Å²) in [7, 11) is 1.83. The Morgan fingerprint density at radius 3 is 2.67 bits per heavy atom. The predicted molar refractivity (Wildman–Crippen MR) is 123 cm³/mol. The lowest BCUT2D eigenvalue weighted by molar-refractivity contribution is 0.258. The smallest absolute Gasteiger partial charge is 0.191 e.